The molecule has 0 spiro atoms. The topological polar surface area (TPSA) is 90.0 Å². The summed E-state index contributed by atoms with van der Waals surface area (Å²) in [4.78, 5) is 0. The van der Waals surface area contributed by atoms with Gasteiger partial charge in [-0.2, -0.15) is 0 Å². The van der Waals surface area contributed by atoms with Gasteiger partial charge < -0.3 is 16.4 Å². The van der Waals surface area contributed by atoms with Crippen LogP contribution in [0.3, 0.4) is 0 Å². The minimum Gasteiger partial charge on any atom is -0.870 e. The predicted octanol–water partition coefficient (Wildman–Crippen LogP) is -3.91. The summed E-state index contributed by atoms with van der Waals surface area (Å²) in [5.41, 5.74) is 0. The first-order valence-electron chi connectivity index (χ1n) is 0. The second-order valence-corrected chi connectivity index (χ2v) is 0. The molecule has 0 saturated carbocycles. The summed E-state index contributed by atoms with van der Waals surface area (Å²) in [6.07, 6.45) is 0. The Balaban J connectivity index is 0. The van der Waals surface area contributed by atoms with Crippen molar-refractivity contribution in [3.05, 3.63) is 0 Å². The van der Waals surface area contributed by atoms with Crippen molar-refractivity contribution >= 4 is 37.7 Å². The van der Waals surface area contributed by atoms with Gasteiger partial charge in [-0.3, -0.25) is 0 Å². The van der Waals surface area contributed by atoms with Crippen molar-refractivity contribution in [3.8, 4) is 0 Å². The summed E-state index contributed by atoms with van der Waals surface area (Å²) in [5, 5.41) is 0. The Morgan fingerprint density at radius 2 is 0.600 bits per heavy atom. The second-order valence-electron chi connectivity index (χ2n) is 0. The van der Waals surface area contributed by atoms with Gasteiger partial charge in [0.1, 0.15) is 0 Å². The Bertz CT molecular complexity index is 6.85. The van der Waals surface area contributed by atoms with Crippen LogP contribution in [0.2, 0.25) is 0 Å². The molecule has 0 radical (unpaired) electrons. The third kappa shape index (κ3) is 23.0. The molecule has 0 aromatic heterocycles. The van der Waals surface area contributed by atoms with Gasteiger partial charge in [0.15, 0.2) is 0 Å². The molecule has 0 aromatic carbocycles. The molecular weight excluding hydrogens is 111 g/mol. The summed E-state index contributed by atoms with van der Waals surface area (Å²) >= 11 is 0. The Kier molecular flexibility index (Phi) is 416. The zero-order valence-corrected chi connectivity index (χ0v) is 7.26. The molecule has 0 unspecified atom stereocenters. The van der Waals surface area contributed by atoms with Crippen LogP contribution in [-0.4, -0.2) is 54.2 Å². The first kappa shape index (κ1) is 58.8. The van der Waals surface area contributed by atoms with E-state index in [1.165, 1.54) is 0 Å². The van der Waals surface area contributed by atoms with Gasteiger partial charge in [-0.25, -0.2) is 0 Å². The molecule has 24 valence electrons. The molecule has 0 fully saturated rings. The van der Waals surface area contributed by atoms with Crippen LogP contribution in [0.25, 0.3) is 0 Å². The SMILES string of the molecule is [Ca+2].[Na+].[OH-].[OH-].[OH-]. The van der Waals surface area contributed by atoms with Gasteiger partial charge in [0.05, 0.1) is 0 Å². The molecule has 0 atom stereocenters. The first-order valence-corrected chi connectivity index (χ1v) is 0. The van der Waals surface area contributed by atoms with E-state index < -0.39 is 0 Å². The molecule has 3 N–H and O–H groups in total. The minimum atomic E-state index is 0. The van der Waals surface area contributed by atoms with Gasteiger partial charge in [0, 0.05) is 0 Å². The Morgan fingerprint density at radius 3 is 0.600 bits per heavy atom. The maximum Gasteiger partial charge on any atom is 2.00 e. The van der Waals surface area contributed by atoms with Crippen molar-refractivity contribution < 1.29 is 46.0 Å². The molecule has 0 aliphatic rings. The zero-order valence-electron chi connectivity index (χ0n) is 3.05. The molecule has 5 heteroatoms. The van der Waals surface area contributed by atoms with Gasteiger partial charge in [-0.1, -0.05) is 0 Å². The van der Waals surface area contributed by atoms with Crippen molar-refractivity contribution in [3.63, 3.8) is 0 Å². The largest absolute Gasteiger partial charge is 2.00 e. The van der Waals surface area contributed by atoms with Crippen molar-refractivity contribution in [2.45, 2.75) is 0 Å². The molecule has 0 saturated heterocycles. The van der Waals surface area contributed by atoms with Crippen LogP contribution >= 0.6 is 0 Å². The molecule has 3 nitrogen and oxygen atoms in total. The van der Waals surface area contributed by atoms with E-state index in [9.17, 15) is 0 Å². The molecule has 0 aliphatic carbocycles. The van der Waals surface area contributed by atoms with Crippen LogP contribution in [0.4, 0.5) is 0 Å². The average Bonchev–Trinajstić information content (AvgIpc) is 0. The fraction of sp³-hybridized carbons (Fsp3) is 0. The number of hydrogen-bond acceptors (Lipinski definition) is 3. The minimum absolute atomic E-state index is 0. The van der Waals surface area contributed by atoms with Crippen molar-refractivity contribution in [2.24, 2.45) is 0 Å². The van der Waals surface area contributed by atoms with E-state index in [-0.39, 0.29) is 83.7 Å². The zero-order chi connectivity index (χ0) is 0. The first-order chi connectivity index (χ1) is 0. The second kappa shape index (κ2) is 35.4. The molecule has 0 heterocycles. The van der Waals surface area contributed by atoms with Crippen LogP contribution in [0.5, 0.6) is 0 Å². The summed E-state index contributed by atoms with van der Waals surface area (Å²) in [6, 6.07) is 0. The normalized spacial score (nSPS) is 0. The van der Waals surface area contributed by atoms with Crippen molar-refractivity contribution in [1.82, 2.24) is 0 Å². The number of rotatable bonds is 0. The Morgan fingerprint density at radius 1 is 0.600 bits per heavy atom. The van der Waals surface area contributed by atoms with Gasteiger partial charge in [-0.05, 0) is 0 Å². The number of hydrogen-bond donors (Lipinski definition) is 0. The van der Waals surface area contributed by atoms with Crippen molar-refractivity contribution in [1.29, 1.82) is 0 Å². The quantitative estimate of drug-likeness (QED) is 0.301. The Labute approximate surface area is 82.3 Å². The molecule has 0 aliphatic heterocycles. The van der Waals surface area contributed by atoms with E-state index in [2.05, 4.69) is 0 Å². The third-order valence-electron chi connectivity index (χ3n) is 0. The summed E-state index contributed by atoms with van der Waals surface area (Å²) in [7, 11) is 0. The Hall–Kier alpha value is 2.14. The predicted molar refractivity (Wildman–Crippen MR) is 11.6 cm³/mol. The van der Waals surface area contributed by atoms with Gasteiger partial charge in [-0.15, -0.1) is 0 Å². The smallest absolute Gasteiger partial charge is 0.870 e. The van der Waals surface area contributed by atoms with Gasteiger partial charge in [0.2, 0.25) is 0 Å². The fourth-order valence-corrected chi connectivity index (χ4v) is 0. The molecule has 0 rings (SSSR count). The van der Waals surface area contributed by atoms with Gasteiger partial charge >= 0.3 is 67.3 Å². The van der Waals surface area contributed by atoms with E-state index in [1.54, 1.807) is 0 Å². The standard InChI is InChI=1S/Ca.Na.3H2O/h;;3*1H2/q+2;+1;;;/p-3. The monoisotopic (exact) mass is 114 g/mol. The van der Waals surface area contributed by atoms with E-state index in [0.29, 0.717) is 0 Å². The van der Waals surface area contributed by atoms with Crippen LogP contribution in [-0.2, 0) is 0 Å². The molecule has 0 amide bonds. The van der Waals surface area contributed by atoms with E-state index >= 15 is 0 Å². The fourth-order valence-electron chi connectivity index (χ4n) is 0. The van der Waals surface area contributed by atoms with E-state index in [4.69, 9.17) is 0 Å². The van der Waals surface area contributed by atoms with E-state index in [0.717, 1.165) is 0 Å². The maximum absolute atomic E-state index is 0. The van der Waals surface area contributed by atoms with Crippen LogP contribution < -0.4 is 29.6 Å². The van der Waals surface area contributed by atoms with E-state index in [1.807, 2.05) is 0 Å². The third-order valence-corrected chi connectivity index (χ3v) is 0. The summed E-state index contributed by atoms with van der Waals surface area (Å²) in [6.45, 7) is 0. The molecule has 0 aromatic rings. The van der Waals surface area contributed by atoms with Crippen LogP contribution in [0.1, 0.15) is 0 Å². The molecule has 5 heavy (non-hydrogen) atoms. The van der Waals surface area contributed by atoms with Crippen LogP contribution in [0, 0.1) is 0 Å². The molecular formula is H3CaNaO3. The van der Waals surface area contributed by atoms with Crippen LogP contribution in [0.15, 0.2) is 0 Å². The van der Waals surface area contributed by atoms with Gasteiger partial charge in [0.25, 0.3) is 0 Å². The summed E-state index contributed by atoms with van der Waals surface area (Å²) in [5.74, 6) is 0. The van der Waals surface area contributed by atoms with Crippen molar-refractivity contribution in [2.75, 3.05) is 0 Å². The molecule has 0 bridgehead atoms. The average molecular weight is 114 g/mol. The summed E-state index contributed by atoms with van der Waals surface area (Å²) < 4.78 is 0. The maximum atomic E-state index is 0.